The minimum absolute atomic E-state index is 0.0819. The van der Waals surface area contributed by atoms with Gasteiger partial charge in [0.2, 0.25) is 5.78 Å². The Labute approximate surface area is 174 Å². The molecule has 0 radical (unpaired) electrons. The molecule has 3 rings (SSSR count). The largest absolute Gasteiger partial charge is 0.446 e. The van der Waals surface area contributed by atoms with Crippen LogP contribution in [0, 0.1) is 0 Å². The number of halogens is 6. The second-order valence-corrected chi connectivity index (χ2v) is 7.47. The molecule has 1 aromatic carbocycles. The van der Waals surface area contributed by atoms with E-state index >= 15 is 0 Å². The summed E-state index contributed by atoms with van der Waals surface area (Å²) in [5.74, 6) is -2.02. The number of alkyl halides is 6. The van der Waals surface area contributed by atoms with Crippen molar-refractivity contribution in [3.05, 3.63) is 64.8 Å². The molecule has 1 atom stereocenters. The van der Waals surface area contributed by atoms with Crippen molar-refractivity contribution in [2.45, 2.75) is 50.6 Å². The summed E-state index contributed by atoms with van der Waals surface area (Å²) < 4.78 is 85.3. The number of ketones is 1. The Morgan fingerprint density at radius 2 is 1.81 bits per heavy atom. The topological polar surface area (TPSA) is 43.4 Å². The molecule has 1 aromatic rings. The standard InChI is InChI=1S/C22H18F6O3/c1-13(29)31-20(9-8-14-4-2-6-16(14)12-20)19(30)11-18(22(26,27)28)15-5-3-7-17(10-15)21(23,24)25/h3,5,7-11H,2,4,6,12H2,1H3. The van der Waals surface area contributed by atoms with Gasteiger partial charge in [-0.15, -0.1) is 0 Å². The Balaban J connectivity index is 2.06. The smallest absolute Gasteiger partial charge is 0.417 e. The minimum Gasteiger partial charge on any atom is -0.446 e. The van der Waals surface area contributed by atoms with Gasteiger partial charge in [-0.3, -0.25) is 9.59 Å². The minimum atomic E-state index is -5.12. The van der Waals surface area contributed by atoms with Gasteiger partial charge in [0.1, 0.15) is 0 Å². The molecule has 31 heavy (non-hydrogen) atoms. The average Bonchev–Trinajstić information content (AvgIpc) is 3.11. The van der Waals surface area contributed by atoms with Gasteiger partial charge in [-0.1, -0.05) is 23.8 Å². The molecule has 0 aliphatic heterocycles. The van der Waals surface area contributed by atoms with Gasteiger partial charge in [0.25, 0.3) is 0 Å². The monoisotopic (exact) mass is 444 g/mol. The molecule has 0 aromatic heterocycles. The molecule has 3 nitrogen and oxygen atoms in total. The lowest BCUT2D eigenvalue weighted by atomic mass is 9.82. The van der Waals surface area contributed by atoms with E-state index in [1.165, 1.54) is 6.08 Å². The van der Waals surface area contributed by atoms with E-state index in [1.54, 1.807) is 6.08 Å². The molecule has 0 saturated heterocycles. The van der Waals surface area contributed by atoms with Gasteiger partial charge in [-0.25, -0.2) is 0 Å². The maximum absolute atomic E-state index is 13.7. The molecule has 9 heteroatoms. The van der Waals surface area contributed by atoms with Crippen LogP contribution in [0.5, 0.6) is 0 Å². The van der Waals surface area contributed by atoms with Crippen LogP contribution in [0.2, 0.25) is 0 Å². The number of benzene rings is 1. The fourth-order valence-corrected chi connectivity index (χ4v) is 3.84. The van der Waals surface area contributed by atoms with E-state index in [0.717, 1.165) is 43.0 Å². The van der Waals surface area contributed by atoms with Crippen molar-refractivity contribution in [2.75, 3.05) is 0 Å². The van der Waals surface area contributed by atoms with Crippen LogP contribution in [0.1, 0.15) is 43.7 Å². The van der Waals surface area contributed by atoms with Crippen molar-refractivity contribution in [1.29, 1.82) is 0 Å². The summed E-state index contributed by atoms with van der Waals surface area (Å²) in [4.78, 5) is 24.6. The molecule has 0 spiro atoms. The second-order valence-electron chi connectivity index (χ2n) is 7.47. The number of carbonyl (C=O) groups is 2. The van der Waals surface area contributed by atoms with Crippen LogP contribution in [0.15, 0.2) is 53.6 Å². The maximum atomic E-state index is 13.7. The first kappa shape index (κ1) is 22.8. The summed E-state index contributed by atoms with van der Waals surface area (Å²) in [5.41, 5.74) is -3.83. The molecule has 0 heterocycles. The molecule has 2 aliphatic rings. The molecule has 0 bridgehead atoms. The third-order valence-corrected chi connectivity index (χ3v) is 5.23. The number of allylic oxidation sites excluding steroid dienone is 3. The summed E-state index contributed by atoms with van der Waals surface area (Å²) in [6, 6.07) is 2.64. The van der Waals surface area contributed by atoms with Gasteiger partial charge in [0.05, 0.1) is 11.1 Å². The van der Waals surface area contributed by atoms with Gasteiger partial charge in [-0.05, 0) is 54.7 Å². The summed E-state index contributed by atoms with van der Waals surface area (Å²) in [5, 5.41) is 0. The van der Waals surface area contributed by atoms with Crippen LogP contribution in [-0.4, -0.2) is 23.5 Å². The summed E-state index contributed by atoms with van der Waals surface area (Å²) in [7, 11) is 0. The SMILES string of the molecule is CC(=O)OC1(C(=O)C=C(c2cccc(C(F)(F)F)c2)C(F)(F)F)C=CC2=C(CCC2)C1. The van der Waals surface area contributed by atoms with Crippen molar-refractivity contribution < 1.29 is 40.7 Å². The molecule has 2 aliphatic carbocycles. The lowest BCUT2D eigenvalue weighted by Gasteiger charge is -2.31. The zero-order chi connectivity index (χ0) is 23.0. The molecule has 1 unspecified atom stereocenters. The van der Waals surface area contributed by atoms with Crippen molar-refractivity contribution in [3.8, 4) is 0 Å². The number of ether oxygens (including phenoxy) is 1. The Kier molecular flexibility index (Phi) is 5.90. The molecule has 0 saturated carbocycles. The summed E-state index contributed by atoms with van der Waals surface area (Å²) >= 11 is 0. The number of hydrogen-bond acceptors (Lipinski definition) is 3. The zero-order valence-electron chi connectivity index (χ0n) is 16.4. The first-order chi connectivity index (χ1) is 14.3. The van der Waals surface area contributed by atoms with Crippen LogP contribution in [0.4, 0.5) is 26.3 Å². The molecular formula is C22H18F6O3. The zero-order valence-corrected chi connectivity index (χ0v) is 16.4. The fraction of sp³-hybridized carbons (Fsp3) is 0.364. The summed E-state index contributed by atoms with van der Waals surface area (Å²) in [6.45, 7) is 1.03. The highest BCUT2D eigenvalue weighted by Crippen LogP contribution is 2.42. The van der Waals surface area contributed by atoms with Crippen LogP contribution < -0.4 is 0 Å². The van der Waals surface area contributed by atoms with Crippen LogP contribution in [0.3, 0.4) is 0 Å². The van der Waals surface area contributed by atoms with Crippen LogP contribution >= 0.6 is 0 Å². The molecular weight excluding hydrogens is 426 g/mol. The van der Waals surface area contributed by atoms with E-state index in [-0.39, 0.29) is 12.5 Å². The van der Waals surface area contributed by atoms with E-state index in [4.69, 9.17) is 4.74 Å². The van der Waals surface area contributed by atoms with Crippen LogP contribution in [0.25, 0.3) is 5.57 Å². The van der Waals surface area contributed by atoms with E-state index in [0.29, 0.717) is 18.6 Å². The van der Waals surface area contributed by atoms with Crippen molar-refractivity contribution in [1.82, 2.24) is 0 Å². The first-order valence-corrected chi connectivity index (χ1v) is 9.42. The predicted molar refractivity (Wildman–Crippen MR) is 99.6 cm³/mol. The third-order valence-electron chi connectivity index (χ3n) is 5.23. The van der Waals surface area contributed by atoms with Crippen molar-refractivity contribution >= 4 is 17.3 Å². The second kappa shape index (κ2) is 8.01. The van der Waals surface area contributed by atoms with Gasteiger partial charge < -0.3 is 4.74 Å². The van der Waals surface area contributed by atoms with E-state index in [2.05, 4.69) is 0 Å². The Hall–Kier alpha value is -2.84. The number of hydrogen-bond donors (Lipinski definition) is 0. The highest BCUT2D eigenvalue weighted by atomic mass is 19.4. The van der Waals surface area contributed by atoms with E-state index in [1.807, 2.05) is 0 Å². The first-order valence-electron chi connectivity index (χ1n) is 9.42. The normalized spacial score (nSPS) is 21.8. The van der Waals surface area contributed by atoms with E-state index in [9.17, 15) is 35.9 Å². The Morgan fingerprint density at radius 3 is 2.42 bits per heavy atom. The van der Waals surface area contributed by atoms with Crippen molar-refractivity contribution in [2.24, 2.45) is 0 Å². The fourth-order valence-electron chi connectivity index (χ4n) is 3.84. The number of esters is 1. The van der Waals surface area contributed by atoms with Gasteiger partial charge >= 0.3 is 18.3 Å². The molecule has 0 fully saturated rings. The molecule has 0 N–H and O–H groups in total. The van der Waals surface area contributed by atoms with Gasteiger partial charge in [-0.2, -0.15) is 26.3 Å². The highest BCUT2D eigenvalue weighted by molar-refractivity contribution is 6.05. The Morgan fingerprint density at radius 1 is 1.10 bits per heavy atom. The van der Waals surface area contributed by atoms with Gasteiger partial charge in [0, 0.05) is 13.3 Å². The summed E-state index contributed by atoms with van der Waals surface area (Å²) in [6.07, 6.45) is -4.81. The highest BCUT2D eigenvalue weighted by Gasteiger charge is 2.44. The number of carbonyl (C=O) groups excluding carboxylic acids is 2. The quantitative estimate of drug-likeness (QED) is 0.327. The van der Waals surface area contributed by atoms with E-state index < -0.39 is 46.4 Å². The predicted octanol–water partition coefficient (Wildman–Crippen LogP) is 5.96. The lowest BCUT2D eigenvalue weighted by molar-refractivity contribution is -0.158. The maximum Gasteiger partial charge on any atom is 0.417 e. The van der Waals surface area contributed by atoms with Crippen LogP contribution in [-0.2, 0) is 20.5 Å². The third kappa shape index (κ3) is 4.91. The number of rotatable bonds is 4. The van der Waals surface area contributed by atoms with Gasteiger partial charge in [0.15, 0.2) is 5.60 Å². The Bertz CT molecular complexity index is 997. The molecule has 166 valence electrons. The van der Waals surface area contributed by atoms with Crippen molar-refractivity contribution in [3.63, 3.8) is 0 Å². The average molecular weight is 444 g/mol. The molecule has 0 amide bonds. The lowest BCUT2D eigenvalue weighted by Crippen LogP contribution is -2.42.